The minimum atomic E-state index is -0.270. The van der Waals surface area contributed by atoms with Gasteiger partial charge in [-0.05, 0) is 30.2 Å². The van der Waals surface area contributed by atoms with Crippen molar-refractivity contribution in [3.8, 4) is 11.5 Å². The van der Waals surface area contributed by atoms with Crippen molar-refractivity contribution in [3.05, 3.63) is 59.4 Å². The summed E-state index contributed by atoms with van der Waals surface area (Å²) in [5.41, 5.74) is 1.66. The molecule has 0 saturated carbocycles. The highest BCUT2D eigenvalue weighted by atomic mass is 35.5. The zero-order chi connectivity index (χ0) is 15.1. The van der Waals surface area contributed by atoms with E-state index in [1.54, 1.807) is 6.07 Å². The number of rotatable bonds is 7. The molecule has 0 aliphatic rings. The Kier molecular flexibility index (Phi) is 5.88. The van der Waals surface area contributed by atoms with E-state index in [4.69, 9.17) is 21.1 Å². The molecule has 0 heterocycles. The number of alkyl halides is 1. The number of hydrogen-bond donors (Lipinski definition) is 0. The monoisotopic (exact) mass is 308 g/mol. The van der Waals surface area contributed by atoms with Crippen molar-refractivity contribution >= 4 is 11.6 Å². The van der Waals surface area contributed by atoms with Crippen LogP contribution in [0.2, 0.25) is 0 Å². The second kappa shape index (κ2) is 7.89. The number of halogens is 2. The summed E-state index contributed by atoms with van der Waals surface area (Å²) in [6.45, 7) is 3.00. The van der Waals surface area contributed by atoms with Crippen LogP contribution in [0.3, 0.4) is 0 Å². The molecule has 112 valence electrons. The zero-order valence-corrected chi connectivity index (χ0v) is 12.7. The van der Waals surface area contributed by atoms with Crippen molar-refractivity contribution in [1.29, 1.82) is 0 Å². The molecule has 21 heavy (non-hydrogen) atoms. The lowest BCUT2D eigenvalue weighted by Crippen LogP contribution is -2.00. The molecule has 2 aromatic rings. The van der Waals surface area contributed by atoms with Crippen molar-refractivity contribution in [1.82, 2.24) is 0 Å². The summed E-state index contributed by atoms with van der Waals surface area (Å²) in [5.74, 6) is 1.50. The van der Waals surface area contributed by atoms with E-state index in [0.717, 1.165) is 23.3 Å². The van der Waals surface area contributed by atoms with Crippen LogP contribution in [0.25, 0.3) is 0 Å². The van der Waals surface area contributed by atoms with E-state index in [1.165, 1.54) is 12.1 Å². The second-order valence-corrected chi connectivity index (χ2v) is 4.94. The molecule has 0 radical (unpaired) electrons. The quantitative estimate of drug-likeness (QED) is 0.675. The van der Waals surface area contributed by atoms with E-state index in [1.807, 2.05) is 24.3 Å². The molecule has 2 nitrogen and oxygen atoms in total. The first kappa shape index (κ1) is 15.6. The van der Waals surface area contributed by atoms with Gasteiger partial charge >= 0.3 is 0 Å². The zero-order valence-electron chi connectivity index (χ0n) is 11.9. The summed E-state index contributed by atoms with van der Waals surface area (Å²) >= 11 is 5.91. The Balaban J connectivity index is 2.09. The van der Waals surface area contributed by atoms with Crippen LogP contribution >= 0.6 is 11.6 Å². The lowest BCUT2D eigenvalue weighted by atomic mass is 10.2. The molecule has 0 atom stereocenters. The van der Waals surface area contributed by atoms with Gasteiger partial charge in [0.15, 0.2) is 0 Å². The summed E-state index contributed by atoms with van der Waals surface area (Å²) in [6.07, 6.45) is 0.941. The first-order valence-corrected chi connectivity index (χ1v) is 7.45. The predicted octanol–water partition coefficient (Wildman–Crippen LogP) is 4.93. The van der Waals surface area contributed by atoms with Crippen LogP contribution in [0.5, 0.6) is 11.5 Å². The lowest BCUT2D eigenvalue weighted by Gasteiger charge is -2.12. The van der Waals surface area contributed by atoms with Crippen molar-refractivity contribution in [2.24, 2.45) is 0 Å². The molecule has 0 aliphatic carbocycles. The minimum Gasteiger partial charge on any atom is -0.493 e. The fraction of sp³-hybridized carbons (Fsp3) is 0.294. The maximum absolute atomic E-state index is 13.1. The van der Waals surface area contributed by atoms with Gasteiger partial charge in [-0.25, -0.2) is 4.39 Å². The topological polar surface area (TPSA) is 18.5 Å². The van der Waals surface area contributed by atoms with Crippen LogP contribution in [-0.4, -0.2) is 6.61 Å². The summed E-state index contributed by atoms with van der Waals surface area (Å²) < 4.78 is 24.5. The molecule has 0 saturated heterocycles. The van der Waals surface area contributed by atoms with E-state index < -0.39 is 0 Å². The Morgan fingerprint density at radius 1 is 1.10 bits per heavy atom. The molecule has 2 rings (SSSR count). The highest BCUT2D eigenvalue weighted by Crippen LogP contribution is 2.27. The Hall–Kier alpha value is -1.74. The molecule has 0 fully saturated rings. The lowest BCUT2D eigenvalue weighted by molar-refractivity contribution is 0.292. The summed E-state index contributed by atoms with van der Waals surface area (Å²) in [6, 6.07) is 11.9. The van der Waals surface area contributed by atoms with Gasteiger partial charge in [0.1, 0.15) is 23.9 Å². The van der Waals surface area contributed by atoms with Gasteiger partial charge < -0.3 is 9.47 Å². The molecule has 0 spiro atoms. The maximum Gasteiger partial charge on any atom is 0.127 e. The molecule has 0 aliphatic heterocycles. The second-order valence-electron chi connectivity index (χ2n) is 4.67. The maximum atomic E-state index is 13.1. The van der Waals surface area contributed by atoms with Gasteiger partial charge in [0.2, 0.25) is 0 Å². The number of benzene rings is 2. The highest BCUT2D eigenvalue weighted by molar-refractivity contribution is 6.17. The molecule has 0 amide bonds. The van der Waals surface area contributed by atoms with Gasteiger partial charge in [-0.2, -0.15) is 0 Å². The molecule has 0 aromatic heterocycles. The number of ether oxygens (including phenoxy) is 2. The van der Waals surface area contributed by atoms with Crippen LogP contribution < -0.4 is 9.47 Å². The first-order valence-electron chi connectivity index (χ1n) is 6.92. The van der Waals surface area contributed by atoms with Crippen LogP contribution in [0, 0.1) is 5.82 Å². The average molecular weight is 309 g/mol. The molecular formula is C17H18ClFO2. The molecule has 0 N–H and O–H groups in total. The Morgan fingerprint density at radius 2 is 1.95 bits per heavy atom. The van der Waals surface area contributed by atoms with Crippen molar-refractivity contribution in [2.75, 3.05) is 6.61 Å². The molecule has 0 bridgehead atoms. The number of hydrogen-bond acceptors (Lipinski definition) is 2. The molecule has 2 aromatic carbocycles. The Morgan fingerprint density at radius 3 is 2.67 bits per heavy atom. The van der Waals surface area contributed by atoms with Crippen LogP contribution in [0.1, 0.15) is 24.5 Å². The Bertz CT molecular complexity index is 587. The Labute approximate surface area is 129 Å². The van der Waals surface area contributed by atoms with Crippen molar-refractivity contribution in [3.63, 3.8) is 0 Å². The standard InChI is InChI=1S/C17H18ClFO2/c1-2-8-20-16-7-6-14(11-18)17(10-16)21-12-13-4-3-5-15(19)9-13/h3-7,9-10H,2,8,11-12H2,1H3. The third-order valence-corrected chi connectivity index (χ3v) is 3.23. The first-order chi connectivity index (χ1) is 10.2. The molecular weight excluding hydrogens is 291 g/mol. The van der Waals surface area contributed by atoms with Gasteiger partial charge in [0, 0.05) is 11.6 Å². The van der Waals surface area contributed by atoms with Gasteiger partial charge in [-0.3, -0.25) is 0 Å². The van der Waals surface area contributed by atoms with E-state index in [9.17, 15) is 4.39 Å². The highest BCUT2D eigenvalue weighted by Gasteiger charge is 2.06. The van der Waals surface area contributed by atoms with E-state index >= 15 is 0 Å². The van der Waals surface area contributed by atoms with Gasteiger partial charge in [0.25, 0.3) is 0 Å². The third-order valence-electron chi connectivity index (χ3n) is 2.94. The van der Waals surface area contributed by atoms with E-state index in [-0.39, 0.29) is 5.82 Å². The molecule has 0 unspecified atom stereocenters. The van der Waals surface area contributed by atoms with Crippen molar-refractivity contribution < 1.29 is 13.9 Å². The van der Waals surface area contributed by atoms with Crippen molar-refractivity contribution in [2.45, 2.75) is 25.8 Å². The van der Waals surface area contributed by atoms with E-state index in [0.29, 0.717) is 24.8 Å². The summed E-state index contributed by atoms with van der Waals surface area (Å²) in [4.78, 5) is 0. The fourth-order valence-corrected chi connectivity index (χ4v) is 2.10. The third kappa shape index (κ3) is 4.64. The smallest absolute Gasteiger partial charge is 0.127 e. The SMILES string of the molecule is CCCOc1ccc(CCl)c(OCc2cccc(F)c2)c1. The van der Waals surface area contributed by atoms with Gasteiger partial charge in [-0.1, -0.05) is 25.1 Å². The van der Waals surface area contributed by atoms with Gasteiger partial charge in [-0.15, -0.1) is 11.6 Å². The average Bonchev–Trinajstić information content (AvgIpc) is 2.51. The largest absolute Gasteiger partial charge is 0.493 e. The predicted molar refractivity (Wildman–Crippen MR) is 82.5 cm³/mol. The normalized spacial score (nSPS) is 10.4. The fourth-order valence-electron chi connectivity index (χ4n) is 1.88. The summed E-state index contributed by atoms with van der Waals surface area (Å²) in [5, 5.41) is 0. The van der Waals surface area contributed by atoms with Crippen LogP contribution in [0.4, 0.5) is 4.39 Å². The summed E-state index contributed by atoms with van der Waals surface area (Å²) in [7, 11) is 0. The van der Waals surface area contributed by atoms with E-state index in [2.05, 4.69) is 6.92 Å². The minimum absolute atomic E-state index is 0.270. The van der Waals surface area contributed by atoms with Gasteiger partial charge in [0.05, 0.1) is 12.5 Å². The molecule has 4 heteroatoms. The van der Waals surface area contributed by atoms with Crippen LogP contribution in [-0.2, 0) is 12.5 Å². The van der Waals surface area contributed by atoms with Crippen LogP contribution in [0.15, 0.2) is 42.5 Å².